The molecule has 0 radical (unpaired) electrons. The Morgan fingerprint density at radius 1 is 1.29 bits per heavy atom. The number of hydrogen-bond acceptors (Lipinski definition) is 4. The zero-order valence-electron chi connectivity index (χ0n) is 9.99. The quantitative estimate of drug-likeness (QED) is 0.819. The molecular weight excluding hydrogens is 282 g/mol. The van der Waals surface area contributed by atoms with Crippen LogP contribution < -0.4 is 5.73 Å². The highest BCUT2D eigenvalue weighted by atomic mass is 79.9. The van der Waals surface area contributed by atoms with E-state index in [-0.39, 0.29) is 5.41 Å². The van der Waals surface area contributed by atoms with Crippen LogP contribution in [-0.4, -0.2) is 10.1 Å². The summed E-state index contributed by atoms with van der Waals surface area (Å²) in [4.78, 5) is 4.38. The lowest BCUT2D eigenvalue weighted by Crippen LogP contribution is -2.13. The van der Waals surface area contributed by atoms with Gasteiger partial charge < -0.3 is 10.3 Å². The minimum atomic E-state index is -0.136. The molecular formula is C12H14BrN3O. The minimum absolute atomic E-state index is 0.136. The van der Waals surface area contributed by atoms with Gasteiger partial charge in [-0.05, 0) is 18.2 Å². The van der Waals surface area contributed by atoms with E-state index in [0.717, 1.165) is 10.0 Å². The van der Waals surface area contributed by atoms with Gasteiger partial charge in [-0.15, -0.1) is 0 Å². The first-order valence-corrected chi connectivity index (χ1v) is 6.07. The van der Waals surface area contributed by atoms with Crippen molar-refractivity contribution in [3.63, 3.8) is 0 Å². The number of rotatable bonds is 1. The number of aromatic nitrogens is 2. The van der Waals surface area contributed by atoms with Gasteiger partial charge in [0.15, 0.2) is 5.82 Å². The van der Waals surface area contributed by atoms with Crippen molar-refractivity contribution in [1.29, 1.82) is 0 Å². The van der Waals surface area contributed by atoms with Crippen LogP contribution in [-0.2, 0) is 5.41 Å². The largest absolute Gasteiger partial charge is 0.398 e. The maximum Gasteiger partial charge on any atom is 0.260 e. The van der Waals surface area contributed by atoms with Crippen LogP contribution in [0.4, 0.5) is 5.69 Å². The molecule has 0 amide bonds. The summed E-state index contributed by atoms with van der Waals surface area (Å²) < 4.78 is 6.18. The second-order valence-corrected chi connectivity index (χ2v) is 5.82. The first kappa shape index (κ1) is 12.1. The molecule has 2 N–H and O–H groups in total. The van der Waals surface area contributed by atoms with E-state index in [4.69, 9.17) is 10.3 Å². The lowest BCUT2D eigenvalue weighted by atomic mass is 9.96. The zero-order chi connectivity index (χ0) is 12.6. The summed E-state index contributed by atoms with van der Waals surface area (Å²) in [6.07, 6.45) is 0. The van der Waals surface area contributed by atoms with Crippen molar-refractivity contribution in [2.45, 2.75) is 26.2 Å². The molecule has 0 saturated heterocycles. The third-order valence-electron chi connectivity index (χ3n) is 2.34. The van der Waals surface area contributed by atoms with E-state index < -0.39 is 0 Å². The van der Waals surface area contributed by atoms with Gasteiger partial charge in [0.25, 0.3) is 5.89 Å². The Morgan fingerprint density at radius 2 is 2.00 bits per heavy atom. The Bertz CT molecular complexity index is 543. The molecule has 1 aromatic heterocycles. The van der Waals surface area contributed by atoms with E-state index in [2.05, 4.69) is 26.1 Å². The van der Waals surface area contributed by atoms with Crippen molar-refractivity contribution in [2.75, 3.05) is 5.73 Å². The molecule has 2 rings (SSSR count). The van der Waals surface area contributed by atoms with Crippen molar-refractivity contribution in [2.24, 2.45) is 0 Å². The summed E-state index contributed by atoms with van der Waals surface area (Å²) in [6.45, 7) is 6.10. The van der Waals surface area contributed by atoms with Gasteiger partial charge in [-0.3, -0.25) is 0 Å². The first-order chi connectivity index (χ1) is 7.88. The molecule has 0 aliphatic rings. The monoisotopic (exact) mass is 295 g/mol. The fourth-order valence-corrected chi connectivity index (χ4v) is 1.71. The maximum atomic E-state index is 5.89. The van der Waals surface area contributed by atoms with Crippen LogP contribution in [0.5, 0.6) is 0 Å². The number of nitrogens with two attached hydrogens (primary N) is 1. The van der Waals surface area contributed by atoms with Crippen molar-refractivity contribution in [3.05, 3.63) is 28.5 Å². The fourth-order valence-electron chi connectivity index (χ4n) is 1.35. The highest BCUT2D eigenvalue weighted by Gasteiger charge is 2.22. The Morgan fingerprint density at radius 3 is 2.59 bits per heavy atom. The van der Waals surface area contributed by atoms with Gasteiger partial charge in [0.05, 0.1) is 5.56 Å². The van der Waals surface area contributed by atoms with Gasteiger partial charge in [0, 0.05) is 15.6 Å². The summed E-state index contributed by atoms with van der Waals surface area (Å²) in [7, 11) is 0. The van der Waals surface area contributed by atoms with E-state index in [9.17, 15) is 0 Å². The van der Waals surface area contributed by atoms with Crippen LogP contribution in [0, 0.1) is 0 Å². The van der Waals surface area contributed by atoms with Crippen molar-refractivity contribution >= 4 is 21.6 Å². The number of anilines is 1. The average molecular weight is 296 g/mol. The molecule has 0 unspecified atom stereocenters. The molecule has 0 spiro atoms. The number of halogens is 1. The van der Waals surface area contributed by atoms with Gasteiger partial charge in [-0.1, -0.05) is 41.9 Å². The Kier molecular flexibility index (Phi) is 2.95. The fraction of sp³-hybridized carbons (Fsp3) is 0.333. The predicted octanol–water partition coefficient (Wildman–Crippen LogP) is 3.38. The summed E-state index contributed by atoms with van der Waals surface area (Å²) in [5, 5.41) is 3.98. The molecule has 90 valence electrons. The van der Waals surface area contributed by atoms with E-state index >= 15 is 0 Å². The Balaban J connectivity index is 2.47. The highest BCUT2D eigenvalue weighted by molar-refractivity contribution is 9.10. The van der Waals surface area contributed by atoms with E-state index in [1.807, 2.05) is 32.9 Å². The van der Waals surface area contributed by atoms with Crippen LogP contribution >= 0.6 is 15.9 Å². The Labute approximate surface area is 108 Å². The third-order valence-corrected chi connectivity index (χ3v) is 2.84. The molecule has 0 aliphatic carbocycles. The van der Waals surface area contributed by atoms with Gasteiger partial charge in [-0.25, -0.2) is 0 Å². The molecule has 1 heterocycles. The number of nitrogens with zero attached hydrogens (tertiary/aromatic N) is 2. The van der Waals surface area contributed by atoms with Crippen LogP contribution in [0.25, 0.3) is 11.5 Å². The second-order valence-electron chi connectivity index (χ2n) is 4.90. The van der Waals surface area contributed by atoms with Gasteiger partial charge >= 0.3 is 0 Å². The topological polar surface area (TPSA) is 64.9 Å². The Hall–Kier alpha value is -1.36. The SMILES string of the molecule is CC(C)(C)c1noc(-c2cc(Br)ccc2N)n1. The molecule has 17 heavy (non-hydrogen) atoms. The third kappa shape index (κ3) is 2.49. The molecule has 5 heteroatoms. The molecule has 4 nitrogen and oxygen atoms in total. The lowest BCUT2D eigenvalue weighted by Gasteiger charge is -2.10. The van der Waals surface area contributed by atoms with Crippen LogP contribution in [0.3, 0.4) is 0 Å². The molecule has 0 aliphatic heterocycles. The second kappa shape index (κ2) is 4.14. The van der Waals surface area contributed by atoms with Crippen LogP contribution in [0.2, 0.25) is 0 Å². The van der Waals surface area contributed by atoms with Crippen molar-refractivity contribution < 1.29 is 4.52 Å². The van der Waals surface area contributed by atoms with Crippen LogP contribution in [0.1, 0.15) is 26.6 Å². The predicted molar refractivity (Wildman–Crippen MR) is 70.5 cm³/mol. The van der Waals surface area contributed by atoms with Crippen molar-refractivity contribution in [3.8, 4) is 11.5 Å². The number of benzene rings is 1. The van der Waals surface area contributed by atoms with Gasteiger partial charge in [-0.2, -0.15) is 4.98 Å². The molecule has 0 fully saturated rings. The van der Waals surface area contributed by atoms with E-state index in [1.165, 1.54) is 0 Å². The molecule has 1 aromatic carbocycles. The summed E-state index contributed by atoms with van der Waals surface area (Å²) in [5.74, 6) is 1.13. The first-order valence-electron chi connectivity index (χ1n) is 5.27. The standard InChI is InChI=1S/C12H14BrN3O/c1-12(2,3)11-15-10(17-16-11)8-6-7(13)4-5-9(8)14/h4-6H,14H2,1-3H3. The number of hydrogen-bond donors (Lipinski definition) is 1. The smallest absolute Gasteiger partial charge is 0.260 e. The molecule has 0 bridgehead atoms. The zero-order valence-corrected chi connectivity index (χ0v) is 11.6. The minimum Gasteiger partial charge on any atom is -0.398 e. The van der Waals surface area contributed by atoms with Gasteiger partial charge in [0.2, 0.25) is 0 Å². The van der Waals surface area contributed by atoms with Gasteiger partial charge in [0.1, 0.15) is 0 Å². The van der Waals surface area contributed by atoms with E-state index in [0.29, 0.717) is 17.4 Å². The molecule has 0 atom stereocenters. The average Bonchev–Trinajstić information content (AvgIpc) is 2.70. The van der Waals surface area contributed by atoms with E-state index in [1.54, 1.807) is 6.07 Å². The molecule has 0 saturated carbocycles. The highest BCUT2D eigenvalue weighted by Crippen LogP contribution is 2.29. The summed E-state index contributed by atoms with van der Waals surface area (Å²) >= 11 is 3.39. The maximum absolute atomic E-state index is 5.89. The lowest BCUT2D eigenvalue weighted by molar-refractivity contribution is 0.402. The summed E-state index contributed by atoms with van der Waals surface area (Å²) in [5.41, 5.74) is 7.13. The van der Waals surface area contributed by atoms with Crippen LogP contribution in [0.15, 0.2) is 27.2 Å². The summed E-state index contributed by atoms with van der Waals surface area (Å²) in [6, 6.07) is 5.55. The normalized spacial score (nSPS) is 11.8. The molecule has 2 aromatic rings. The number of nitrogen functional groups attached to an aromatic ring is 1. The van der Waals surface area contributed by atoms with Crippen molar-refractivity contribution in [1.82, 2.24) is 10.1 Å².